The number of hydrogen-bond acceptors (Lipinski definition) is 3. The average Bonchev–Trinajstić information content (AvgIpc) is 2.35. The highest BCUT2D eigenvalue weighted by Gasteiger charge is 2.34. The van der Waals surface area contributed by atoms with Crippen LogP contribution in [0.4, 0.5) is 13.2 Å². The summed E-state index contributed by atoms with van der Waals surface area (Å²) in [6, 6.07) is 3.29. The van der Waals surface area contributed by atoms with Gasteiger partial charge in [-0.15, -0.1) is 0 Å². The number of nitrogens with one attached hydrogen (secondary N) is 1. The zero-order valence-electron chi connectivity index (χ0n) is 10.4. The topological polar surface area (TPSA) is 75.6 Å². The summed E-state index contributed by atoms with van der Waals surface area (Å²) in [4.78, 5) is 21.8. The first-order valence-electron chi connectivity index (χ1n) is 5.53. The minimum absolute atomic E-state index is 0.488. The molecule has 0 aromatic heterocycles. The maximum absolute atomic E-state index is 12.6. The SMILES string of the molecule is C[C@@H](NC(=O)COc1ccccc1C(F)(F)F)C(=O)O. The van der Waals surface area contributed by atoms with Gasteiger partial charge in [0.15, 0.2) is 6.61 Å². The molecule has 1 aromatic rings. The fourth-order valence-electron chi connectivity index (χ4n) is 1.31. The normalized spacial score (nSPS) is 12.6. The van der Waals surface area contributed by atoms with Gasteiger partial charge >= 0.3 is 12.1 Å². The molecule has 1 rings (SSSR count). The highest BCUT2D eigenvalue weighted by molar-refractivity contribution is 5.84. The third-order valence-corrected chi connectivity index (χ3v) is 2.30. The summed E-state index contributed by atoms with van der Waals surface area (Å²) < 4.78 is 42.7. The number of ether oxygens (including phenoxy) is 1. The summed E-state index contributed by atoms with van der Waals surface area (Å²) in [5.41, 5.74) is -1.00. The van der Waals surface area contributed by atoms with Crippen LogP contribution in [-0.2, 0) is 15.8 Å². The number of amides is 1. The Balaban J connectivity index is 2.67. The van der Waals surface area contributed by atoms with E-state index in [4.69, 9.17) is 9.84 Å². The Labute approximate surface area is 112 Å². The first kappa shape index (κ1) is 15.8. The van der Waals surface area contributed by atoms with Crippen molar-refractivity contribution in [3.8, 4) is 5.75 Å². The van der Waals surface area contributed by atoms with Crippen LogP contribution in [0.2, 0.25) is 0 Å². The van der Waals surface area contributed by atoms with E-state index in [-0.39, 0.29) is 0 Å². The average molecular weight is 291 g/mol. The molecule has 20 heavy (non-hydrogen) atoms. The van der Waals surface area contributed by atoms with Gasteiger partial charge in [0.25, 0.3) is 5.91 Å². The minimum Gasteiger partial charge on any atom is -0.483 e. The molecule has 0 aliphatic rings. The third kappa shape index (κ3) is 4.45. The van der Waals surface area contributed by atoms with E-state index in [1.165, 1.54) is 19.1 Å². The Kier molecular flexibility index (Phi) is 4.95. The van der Waals surface area contributed by atoms with Crippen molar-refractivity contribution in [3.05, 3.63) is 29.8 Å². The van der Waals surface area contributed by atoms with Crippen molar-refractivity contribution in [2.45, 2.75) is 19.1 Å². The number of carboxylic acid groups (broad SMARTS) is 1. The Hall–Kier alpha value is -2.25. The molecule has 1 aromatic carbocycles. The lowest BCUT2D eigenvalue weighted by Gasteiger charge is -2.14. The second-order valence-corrected chi connectivity index (χ2v) is 3.91. The molecule has 0 heterocycles. The van der Waals surface area contributed by atoms with E-state index in [0.717, 1.165) is 12.1 Å². The maximum Gasteiger partial charge on any atom is 0.419 e. The van der Waals surface area contributed by atoms with E-state index in [0.29, 0.717) is 0 Å². The van der Waals surface area contributed by atoms with Gasteiger partial charge in [0.05, 0.1) is 5.56 Å². The Morgan fingerprint density at radius 2 is 1.95 bits per heavy atom. The molecule has 0 bridgehead atoms. The number of para-hydroxylation sites is 1. The molecule has 0 spiro atoms. The largest absolute Gasteiger partial charge is 0.483 e. The lowest BCUT2D eigenvalue weighted by molar-refractivity contribution is -0.141. The van der Waals surface area contributed by atoms with E-state index in [1.807, 2.05) is 0 Å². The van der Waals surface area contributed by atoms with Crippen molar-refractivity contribution in [2.24, 2.45) is 0 Å². The van der Waals surface area contributed by atoms with Crippen LogP contribution in [0, 0.1) is 0 Å². The van der Waals surface area contributed by atoms with Crippen LogP contribution >= 0.6 is 0 Å². The summed E-state index contributed by atoms with van der Waals surface area (Å²) in [5.74, 6) is -2.57. The van der Waals surface area contributed by atoms with Crippen LogP contribution in [-0.4, -0.2) is 29.6 Å². The van der Waals surface area contributed by atoms with E-state index in [2.05, 4.69) is 5.32 Å². The summed E-state index contributed by atoms with van der Waals surface area (Å²) in [5, 5.41) is 10.6. The molecule has 0 saturated carbocycles. The predicted molar refractivity (Wildman–Crippen MR) is 62.2 cm³/mol. The molecule has 0 aliphatic carbocycles. The number of rotatable bonds is 5. The number of aliphatic carboxylic acids is 1. The first-order valence-corrected chi connectivity index (χ1v) is 5.53. The predicted octanol–water partition coefficient (Wildman–Crippen LogP) is 1.67. The van der Waals surface area contributed by atoms with Gasteiger partial charge in [-0.3, -0.25) is 9.59 Å². The number of benzene rings is 1. The Bertz CT molecular complexity index is 502. The van der Waals surface area contributed by atoms with Gasteiger partial charge in [-0.25, -0.2) is 0 Å². The van der Waals surface area contributed by atoms with Gasteiger partial charge in [0.1, 0.15) is 11.8 Å². The van der Waals surface area contributed by atoms with Gasteiger partial charge in [-0.2, -0.15) is 13.2 Å². The van der Waals surface area contributed by atoms with Crippen molar-refractivity contribution in [1.82, 2.24) is 5.32 Å². The second-order valence-electron chi connectivity index (χ2n) is 3.91. The molecule has 1 atom stereocenters. The lowest BCUT2D eigenvalue weighted by atomic mass is 10.2. The standard InChI is InChI=1S/C12H12F3NO4/c1-7(11(18)19)16-10(17)6-20-9-5-3-2-4-8(9)12(13,14)15/h2-5,7H,6H2,1H3,(H,16,17)(H,18,19)/t7-/m1/s1. The number of carboxylic acids is 1. The van der Waals surface area contributed by atoms with E-state index >= 15 is 0 Å². The van der Waals surface area contributed by atoms with Crippen molar-refractivity contribution in [2.75, 3.05) is 6.61 Å². The van der Waals surface area contributed by atoms with Crippen molar-refractivity contribution in [3.63, 3.8) is 0 Å². The molecule has 110 valence electrons. The van der Waals surface area contributed by atoms with Crippen LogP contribution in [0.1, 0.15) is 12.5 Å². The summed E-state index contributed by atoms with van der Waals surface area (Å²) in [7, 11) is 0. The molecule has 1 amide bonds. The fraction of sp³-hybridized carbons (Fsp3) is 0.333. The van der Waals surface area contributed by atoms with Gasteiger partial charge in [-0.05, 0) is 19.1 Å². The van der Waals surface area contributed by atoms with E-state index in [9.17, 15) is 22.8 Å². The van der Waals surface area contributed by atoms with Crippen LogP contribution in [0.15, 0.2) is 24.3 Å². The maximum atomic E-state index is 12.6. The number of carbonyl (C=O) groups excluding carboxylic acids is 1. The first-order chi connectivity index (χ1) is 9.21. The van der Waals surface area contributed by atoms with Gasteiger partial charge in [0, 0.05) is 0 Å². The molecule has 0 radical (unpaired) electrons. The van der Waals surface area contributed by atoms with Crippen molar-refractivity contribution in [1.29, 1.82) is 0 Å². The number of alkyl halides is 3. The Morgan fingerprint density at radius 1 is 1.35 bits per heavy atom. The molecule has 0 fully saturated rings. The van der Waals surface area contributed by atoms with Crippen LogP contribution in [0.3, 0.4) is 0 Å². The van der Waals surface area contributed by atoms with Crippen LogP contribution in [0.5, 0.6) is 5.75 Å². The quantitative estimate of drug-likeness (QED) is 0.865. The van der Waals surface area contributed by atoms with Gasteiger partial charge in [0.2, 0.25) is 0 Å². The van der Waals surface area contributed by atoms with Crippen molar-refractivity contribution < 1.29 is 32.6 Å². The molecule has 0 aliphatic heterocycles. The molecule has 8 heteroatoms. The summed E-state index contributed by atoms with van der Waals surface area (Å²) in [6.07, 6.45) is -4.60. The van der Waals surface area contributed by atoms with Crippen molar-refractivity contribution >= 4 is 11.9 Å². The number of carbonyl (C=O) groups is 2. The minimum atomic E-state index is -4.60. The summed E-state index contributed by atoms with van der Waals surface area (Å²) in [6.45, 7) is 0.522. The zero-order valence-corrected chi connectivity index (χ0v) is 10.4. The fourth-order valence-corrected chi connectivity index (χ4v) is 1.31. The monoisotopic (exact) mass is 291 g/mol. The summed E-state index contributed by atoms with van der Waals surface area (Å²) >= 11 is 0. The molecule has 5 nitrogen and oxygen atoms in total. The number of halogens is 3. The number of hydrogen-bond donors (Lipinski definition) is 2. The van der Waals surface area contributed by atoms with Crippen LogP contribution in [0.25, 0.3) is 0 Å². The van der Waals surface area contributed by atoms with E-state index < -0.39 is 42.0 Å². The molecule has 0 saturated heterocycles. The van der Waals surface area contributed by atoms with E-state index in [1.54, 1.807) is 0 Å². The Morgan fingerprint density at radius 3 is 2.50 bits per heavy atom. The smallest absolute Gasteiger partial charge is 0.419 e. The molecular formula is C12H12F3NO4. The van der Waals surface area contributed by atoms with Gasteiger partial charge < -0.3 is 15.2 Å². The zero-order chi connectivity index (χ0) is 15.3. The highest BCUT2D eigenvalue weighted by Crippen LogP contribution is 2.35. The third-order valence-electron chi connectivity index (χ3n) is 2.30. The molecular weight excluding hydrogens is 279 g/mol. The molecule has 2 N–H and O–H groups in total. The van der Waals surface area contributed by atoms with Gasteiger partial charge in [-0.1, -0.05) is 12.1 Å². The second kappa shape index (κ2) is 6.27. The lowest BCUT2D eigenvalue weighted by Crippen LogP contribution is -2.40. The highest BCUT2D eigenvalue weighted by atomic mass is 19.4. The molecule has 0 unspecified atom stereocenters. The van der Waals surface area contributed by atoms with Crippen LogP contribution < -0.4 is 10.1 Å².